The van der Waals surface area contributed by atoms with Gasteiger partial charge in [0.05, 0.1) is 0 Å². The molecule has 1 saturated heterocycles. The van der Waals surface area contributed by atoms with Crippen molar-refractivity contribution in [2.24, 2.45) is 11.7 Å². The van der Waals surface area contributed by atoms with Crippen LogP contribution in [-0.2, 0) is 4.79 Å². The van der Waals surface area contributed by atoms with Crippen molar-refractivity contribution < 1.29 is 19.8 Å². The van der Waals surface area contributed by atoms with E-state index in [2.05, 4.69) is 11.1 Å². The third-order valence-electron chi connectivity index (χ3n) is 3.16. The molecule has 0 radical (unpaired) electrons. The summed E-state index contributed by atoms with van der Waals surface area (Å²) in [6.45, 7) is 0. The average molecular weight is 230 g/mol. The molecule has 0 bridgehead atoms. The summed E-state index contributed by atoms with van der Waals surface area (Å²) >= 11 is 0. The lowest BCUT2D eigenvalue weighted by Crippen LogP contribution is -2.36. The average Bonchev–Trinajstić information content (AvgIpc) is 2.59. The van der Waals surface area contributed by atoms with E-state index < -0.39 is 12.1 Å². The minimum atomic E-state index is -1.33. The fourth-order valence-electron chi connectivity index (χ4n) is 2.51. The van der Waals surface area contributed by atoms with Gasteiger partial charge in [-0.3, -0.25) is 4.79 Å². The van der Waals surface area contributed by atoms with Gasteiger partial charge in [-0.15, -0.1) is 0 Å². The van der Waals surface area contributed by atoms with Crippen LogP contribution in [0.5, 0.6) is 0 Å². The van der Waals surface area contributed by atoms with Crippen LogP contribution in [0.1, 0.15) is 32.1 Å². The number of aliphatic carboxylic acids is 1. The van der Waals surface area contributed by atoms with Gasteiger partial charge >= 0.3 is 12.1 Å². The van der Waals surface area contributed by atoms with Crippen LogP contribution < -0.4 is 11.1 Å². The van der Waals surface area contributed by atoms with E-state index in [4.69, 9.17) is 15.0 Å². The number of primary amides is 1. The Kier molecular flexibility index (Phi) is 4.54. The number of hydrogen-bond acceptors (Lipinski definition) is 3. The van der Waals surface area contributed by atoms with Gasteiger partial charge in [-0.25, -0.2) is 4.79 Å². The van der Waals surface area contributed by atoms with Crippen LogP contribution in [0, 0.1) is 5.92 Å². The molecule has 0 spiro atoms. The molecule has 0 aromatic rings. The largest absolute Gasteiger partial charge is 0.480 e. The van der Waals surface area contributed by atoms with Crippen molar-refractivity contribution >= 4 is 12.1 Å². The first-order chi connectivity index (χ1) is 7.50. The number of fused-ring (bicyclic) bond motifs is 1. The highest BCUT2D eigenvalue weighted by molar-refractivity contribution is 5.74. The van der Waals surface area contributed by atoms with Gasteiger partial charge < -0.3 is 21.3 Å². The van der Waals surface area contributed by atoms with Crippen LogP contribution in [0.4, 0.5) is 4.79 Å². The molecule has 1 aliphatic carbocycles. The lowest BCUT2D eigenvalue weighted by atomic mass is 9.85. The van der Waals surface area contributed by atoms with Gasteiger partial charge in [0.25, 0.3) is 0 Å². The highest BCUT2D eigenvalue weighted by Gasteiger charge is 2.37. The second-order valence-corrected chi connectivity index (χ2v) is 4.28. The SMILES string of the molecule is NC(=O)O.O=C(O)C1CC2CCCCC2N1. The number of carboxylic acid groups (broad SMARTS) is 2. The Morgan fingerprint density at radius 1 is 1.19 bits per heavy atom. The van der Waals surface area contributed by atoms with Gasteiger partial charge in [0.2, 0.25) is 0 Å². The van der Waals surface area contributed by atoms with Crippen molar-refractivity contribution in [1.29, 1.82) is 0 Å². The van der Waals surface area contributed by atoms with Crippen molar-refractivity contribution in [1.82, 2.24) is 5.32 Å². The minimum absolute atomic E-state index is 0.266. The zero-order valence-electron chi connectivity index (χ0n) is 9.06. The molecular formula is C10H18N2O4. The van der Waals surface area contributed by atoms with E-state index in [-0.39, 0.29) is 6.04 Å². The van der Waals surface area contributed by atoms with Gasteiger partial charge in [-0.05, 0) is 25.2 Å². The van der Waals surface area contributed by atoms with E-state index in [1.165, 1.54) is 25.7 Å². The normalized spacial score (nSPS) is 32.1. The number of hydrogen-bond donors (Lipinski definition) is 4. The third-order valence-corrected chi connectivity index (χ3v) is 3.16. The predicted molar refractivity (Wildman–Crippen MR) is 57.1 cm³/mol. The van der Waals surface area contributed by atoms with E-state index >= 15 is 0 Å². The summed E-state index contributed by atoms with van der Waals surface area (Å²) < 4.78 is 0. The first kappa shape index (κ1) is 12.8. The molecule has 0 aromatic carbocycles. The first-order valence-electron chi connectivity index (χ1n) is 5.48. The van der Waals surface area contributed by atoms with E-state index in [0.29, 0.717) is 12.0 Å². The van der Waals surface area contributed by atoms with E-state index in [1.54, 1.807) is 0 Å². The Morgan fingerprint density at radius 2 is 1.75 bits per heavy atom. The second kappa shape index (κ2) is 5.69. The fraction of sp³-hybridized carbons (Fsp3) is 0.800. The van der Waals surface area contributed by atoms with Crippen LogP contribution in [0.3, 0.4) is 0 Å². The van der Waals surface area contributed by atoms with Crippen molar-refractivity contribution in [3.63, 3.8) is 0 Å². The van der Waals surface area contributed by atoms with Gasteiger partial charge in [-0.2, -0.15) is 0 Å². The van der Waals surface area contributed by atoms with Crippen LogP contribution in [0.25, 0.3) is 0 Å². The van der Waals surface area contributed by atoms with E-state index in [1.807, 2.05) is 0 Å². The molecule has 2 aliphatic rings. The number of nitrogens with one attached hydrogen (secondary N) is 1. The number of amides is 1. The maximum atomic E-state index is 10.7. The molecule has 2 fully saturated rings. The predicted octanol–water partition coefficient (Wildman–Crippen LogP) is 0.615. The lowest BCUT2D eigenvalue weighted by molar-refractivity contribution is -0.139. The van der Waals surface area contributed by atoms with Crippen molar-refractivity contribution in [3.8, 4) is 0 Å². The number of rotatable bonds is 1. The molecule has 1 heterocycles. The molecule has 16 heavy (non-hydrogen) atoms. The Labute approximate surface area is 93.8 Å². The molecule has 0 aromatic heterocycles. The summed E-state index contributed by atoms with van der Waals surface area (Å²) in [6.07, 6.45) is 4.46. The van der Waals surface area contributed by atoms with E-state index in [9.17, 15) is 4.79 Å². The summed E-state index contributed by atoms with van der Waals surface area (Å²) in [6, 6.07) is 0.234. The molecule has 1 amide bonds. The molecule has 92 valence electrons. The maximum absolute atomic E-state index is 10.7. The monoisotopic (exact) mass is 230 g/mol. The maximum Gasteiger partial charge on any atom is 0.402 e. The zero-order valence-corrected chi connectivity index (χ0v) is 9.06. The van der Waals surface area contributed by atoms with Gasteiger partial charge in [-0.1, -0.05) is 12.8 Å². The van der Waals surface area contributed by atoms with Crippen molar-refractivity contribution in [3.05, 3.63) is 0 Å². The molecule has 1 aliphatic heterocycles. The van der Waals surface area contributed by atoms with E-state index in [0.717, 1.165) is 6.42 Å². The van der Waals surface area contributed by atoms with Crippen molar-refractivity contribution in [2.75, 3.05) is 0 Å². The summed E-state index contributed by atoms with van der Waals surface area (Å²) in [5.74, 6) is -0.0377. The molecule has 3 unspecified atom stereocenters. The molecule has 6 heteroatoms. The highest BCUT2D eigenvalue weighted by Crippen LogP contribution is 2.33. The number of carbonyl (C=O) groups is 2. The van der Waals surface area contributed by atoms with Crippen LogP contribution in [-0.4, -0.2) is 34.4 Å². The smallest absolute Gasteiger partial charge is 0.402 e. The summed E-state index contributed by atoms with van der Waals surface area (Å²) in [4.78, 5) is 19.5. The molecule has 2 rings (SSSR count). The third kappa shape index (κ3) is 3.69. The summed E-state index contributed by atoms with van der Waals surface area (Å²) in [5, 5.41) is 19.2. The quantitative estimate of drug-likeness (QED) is 0.527. The van der Waals surface area contributed by atoms with Crippen LogP contribution >= 0.6 is 0 Å². The minimum Gasteiger partial charge on any atom is -0.480 e. The molecular weight excluding hydrogens is 212 g/mol. The van der Waals surface area contributed by atoms with Gasteiger partial charge in [0.15, 0.2) is 0 Å². The van der Waals surface area contributed by atoms with Crippen molar-refractivity contribution in [2.45, 2.75) is 44.2 Å². The van der Waals surface area contributed by atoms with Gasteiger partial charge in [0.1, 0.15) is 6.04 Å². The Balaban J connectivity index is 0.000000280. The Bertz CT molecular complexity index is 252. The zero-order chi connectivity index (χ0) is 12.1. The second-order valence-electron chi connectivity index (χ2n) is 4.28. The highest BCUT2D eigenvalue weighted by atomic mass is 16.4. The van der Waals surface area contributed by atoms with Crippen LogP contribution in [0.2, 0.25) is 0 Å². The van der Waals surface area contributed by atoms with Crippen LogP contribution in [0.15, 0.2) is 0 Å². The molecule has 3 atom stereocenters. The molecule has 5 N–H and O–H groups in total. The summed E-state index contributed by atoms with van der Waals surface area (Å²) in [7, 11) is 0. The molecule has 1 saturated carbocycles. The number of carboxylic acids is 1. The lowest BCUT2D eigenvalue weighted by Gasteiger charge is -2.24. The van der Waals surface area contributed by atoms with Gasteiger partial charge in [0, 0.05) is 6.04 Å². The first-order valence-corrected chi connectivity index (χ1v) is 5.48. The standard InChI is InChI=1S/C9H15NO2.CH3NO2/c11-9(12)8-5-6-3-1-2-4-7(6)10-8;2-1(3)4/h6-8,10H,1-5H2,(H,11,12);2H2,(H,3,4). The number of nitrogens with two attached hydrogens (primary N) is 1. The Morgan fingerprint density at radius 3 is 2.25 bits per heavy atom. The summed E-state index contributed by atoms with van der Waals surface area (Å²) in [5.41, 5.74) is 4.03. The Hall–Kier alpha value is -1.30. The fourth-order valence-corrected chi connectivity index (χ4v) is 2.51. The topological polar surface area (TPSA) is 113 Å². The molecule has 6 nitrogen and oxygen atoms in total.